The molecule has 2 saturated heterocycles. The van der Waals surface area contributed by atoms with Gasteiger partial charge in [0.25, 0.3) is 0 Å². The lowest BCUT2D eigenvalue weighted by Crippen LogP contribution is -2.57. The van der Waals surface area contributed by atoms with Crippen molar-refractivity contribution < 1.29 is 4.79 Å². The lowest BCUT2D eigenvalue weighted by atomic mass is 9.78. The Morgan fingerprint density at radius 1 is 1.17 bits per heavy atom. The van der Waals surface area contributed by atoms with Gasteiger partial charge in [-0.1, -0.05) is 27.2 Å². The van der Waals surface area contributed by atoms with Crippen molar-refractivity contribution in [3.8, 4) is 0 Å². The van der Waals surface area contributed by atoms with E-state index in [0.717, 1.165) is 19.4 Å². The first-order chi connectivity index (χ1) is 11.1. The van der Waals surface area contributed by atoms with Gasteiger partial charge in [0, 0.05) is 18.1 Å². The average molecular weight is 322 g/mol. The molecule has 3 rings (SSSR count). The summed E-state index contributed by atoms with van der Waals surface area (Å²) in [6, 6.07) is 1.28. The van der Waals surface area contributed by atoms with E-state index in [1.807, 2.05) is 0 Å². The van der Waals surface area contributed by atoms with E-state index in [1.54, 1.807) is 0 Å². The van der Waals surface area contributed by atoms with E-state index in [9.17, 15) is 4.79 Å². The lowest BCUT2D eigenvalue weighted by molar-refractivity contribution is -0.124. The molecule has 0 aromatic carbocycles. The summed E-state index contributed by atoms with van der Waals surface area (Å²) < 4.78 is 0. The van der Waals surface area contributed by atoms with Gasteiger partial charge in [0.05, 0.1) is 6.04 Å². The van der Waals surface area contributed by atoms with Gasteiger partial charge >= 0.3 is 0 Å². The summed E-state index contributed by atoms with van der Waals surface area (Å²) in [7, 11) is 0. The number of piperidine rings is 1. The van der Waals surface area contributed by atoms with Gasteiger partial charge in [-0.15, -0.1) is 0 Å². The SMILES string of the molecule is CCC(NC(=O)C1CC2CCCC(C)C2N1)C1NCCCC1C. The van der Waals surface area contributed by atoms with Crippen LogP contribution in [-0.2, 0) is 4.79 Å². The quantitative estimate of drug-likeness (QED) is 0.745. The molecule has 2 heterocycles. The van der Waals surface area contributed by atoms with E-state index in [0.29, 0.717) is 29.8 Å². The van der Waals surface area contributed by atoms with Crippen LogP contribution >= 0.6 is 0 Å². The van der Waals surface area contributed by atoms with E-state index in [1.165, 1.54) is 32.1 Å². The minimum Gasteiger partial charge on any atom is -0.350 e. The largest absolute Gasteiger partial charge is 0.350 e. The fourth-order valence-electron chi connectivity index (χ4n) is 5.22. The number of hydrogen-bond acceptors (Lipinski definition) is 3. The Balaban J connectivity index is 1.57. The first-order valence-electron chi connectivity index (χ1n) is 9.90. The van der Waals surface area contributed by atoms with Crippen LogP contribution in [0.25, 0.3) is 0 Å². The van der Waals surface area contributed by atoms with Crippen molar-refractivity contribution in [3.05, 3.63) is 0 Å². The predicted molar refractivity (Wildman–Crippen MR) is 94.2 cm³/mol. The third-order valence-electron chi connectivity index (χ3n) is 6.63. The Bertz CT molecular complexity index is 413. The topological polar surface area (TPSA) is 53.2 Å². The third kappa shape index (κ3) is 3.74. The Morgan fingerprint density at radius 2 is 1.96 bits per heavy atom. The van der Waals surface area contributed by atoms with Crippen molar-refractivity contribution >= 4 is 5.91 Å². The van der Waals surface area contributed by atoms with E-state index in [-0.39, 0.29) is 18.0 Å². The molecule has 1 aliphatic carbocycles. The highest BCUT2D eigenvalue weighted by Gasteiger charge is 2.42. The summed E-state index contributed by atoms with van der Waals surface area (Å²) in [5.74, 6) is 2.31. The number of carbonyl (C=O) groups excluding carboxylic acids is 1. The maximum absolute atomic E-state index is 12.8. The molecule has 4 nitrogen and oxygen atoms in total. The summed E-state index contributed by atoms with van der Waals surface area (Å²) in [4.78, 5) is 12.8. The Labute approximate surface area is 141 Å². The van der Waals surface area contributed by atoms with Crippen molar-refractivity contribution in [2.45, 2.75) is 89.9 Å². The van der Waals surface area contributed by atoms with Gasteiger partial charge in [-0.25, -0.2) is 0 Å². The molecular formula is C19H35N3O. The van der Waals surface area contributed by atoms with Crippen LogP contribution in [0.1, 0.15) is 65.7 Å². The lowest BCUT2D eigenvalue weighted by Gasteiger charge is -2.36. The first-order valence-corrected chi connectivity index (χ1v) is 9.90. The normalized spacial score (nSPS) is 42.0. The molecule has 3 aliphatic rings. The van der Waals surface area contributed by atoms with Crippen molar-refractivity contribution in [3.63, 3.8) is 0 Å². The molecule has 3 fully saturated rings. The number of carbonyl (C=O) groups is 1. The smallest absolute Gasteiger partial charge is 0.237 e. The first kappa shape index (κ1) is 17.2. The molecule has 3 N–H and O–H groups in total. The fraction of sp³-hybridized carbons (Fsp3) is 0.947. The van der Waals surface area contributed by atoms with Crippen molar-refractivity contribution in [1.82, 2.24) is 16.0 Å². The monoisotopic (exact) mass is 321 g/mol. The molecule has 0 aromatic rings. The summed E-state index contributed by atoms with van der Waals surface area (Å²) in [6.45, 7) is 7.94. The molecule has 132 valence electrons. The van der Waals surface area contributed by atoms with Crippen LogP contribution in [0.15, 0.2) is 0 Å². The Morgan fingerprint density at radius 3 is 2.65 bits per heavy atom. The highest BCUT2D eigenvalue weighted by molar-refractivity contribution is 5.82. The zero-order valence-electron chi connectivity index (χ0n) is 15.1. The molecule has 0 bridgehead atoms. The minimum atomic E-state index is 0.0264. The standard InChI is InChI=1S/C19H35N3O/c1-4-15(18-13(3)8-6-10-20-18)22-19(23)16-11-14-9-5-7-12(2)17(14)21-16/h12-18,20-21H,4-11H2,1-3H3,(H,22,23). The summed E-state index contributed by atoms with van der Waals surface area (Å²) >= 11 is 0. The average Bonchev–Trinajstić information content (AvgIpc) is 2.99. The van der Waals surface area contributed by atoms with Crippen LogP contribution in [0.5, 0.6) is 0 Å². The molecule has 0 radical (unpaired) electrons. The number of nitrogens with one attached hydrogen (secondary N) is 3. The zero-order chi connectivity index (χ0) is 16.4. The van der Waals surface area contributed by atoms with Crippen molar-refractivity contribution in [2.75, 3.05) is 6.54 Å². The molecule has 7 atom stereocenters. The van der Waals surface area contributed by atoms with Crippen LogP contribution in [-0.4, -0.2) is 36.6 Å². The van der Waals surface area contributed by atoms with Gasteiger partial charge in [-0.2, -0.15) is 0 Å². The second-order valence-corrected chi connectivity index (χ2v) is 8.27. The van der Waals surface area contributed by atoms with E-state index < -0.39 is 0 Å². The van der Waals surface area contributed by atoms with Crippen LogP contribution in [0.2, 0.25) is 0 Å². The Kier molecular flexibility index (Phi) is 5.63. The maximum Gasteiger partial charge on any atom is 0.237 e. The van der Waals surface area contributed by atoms with Gasteiger partial charge in [0.15, 0.2) is 0 Å². The summed E-state index contributed by atoms with van der Waals surface area (Å²) in [6.07, 6.45) is 8.50. The van der Waals surface area contributed by atoms with E-state index in [2.05, 4.69) is 36.7 Å². The maximum atomic E-state index is 12.8. The number of fused-ring (bicyclic) bond motifs is 1. The van der Waals surface area contributed by atoms with Gasteiger partial charge in [0.2, 0.25) is 5.91 Å². The van der Waals surface area contributed by atoms with Crippen LogP contribution < -0.4 is 16.0 Å². The second kappa shape index (κ2) is 7.52. The predicted octanol–water partition coefficient (Wildman–Crippen LogP) is 2.44. The molecular weight excluding hydrogens is 286 g/mol. The van der Waals surface area contributed by atoms with Gasteiger partial charge in [-0.3, -0.25) is 4.79 Å². The summed E-state index contributed by atoms with van der Waals surface area (Å²) in [5, 5.41) is 10.7. The van der Waals surface area contributed by atoms with Crippen LogP contribution in [0, 0.1) is 17.8 Å². The molecule has 4 heteroatoms. The number of hydrogen-bond donors (Lipinski definition) is 3. The molecule has 7 unspecified atom stereocenters. The minimum absolute atomic E-state index is 0.0264. The van der Waals surface area contributed by atoms with Crippen LogP contribution in [0.3, 0.4) is 0 Å². The molecule has 0 aromatic heterocycles. The number of amides is 1. The van der Waals surface area contributed by atoms with Gasteiger partial charge in [0.1, 0.15) is 0 Å². The third-order valence-corrected chi connectivity index (χ3v) is 6.63. The molecule has 1 saturated carbocycles. The highest BCUT2D eigenvalue weighted by atomic mass is 16.2. The van der Waals surface area contributed by atoms with E-state index >= 15 is 0 Å². The fourth-order valence-corrected chi connectivity index (χ4v) is 5.22. The molecule has 1 amide bonds. The van der Waals surface area contributed by atoms with E-state index in [4.69, 9.17) is 0 Å². The van der Waals surface area contributed by atoms with Crippen LogP contribution in [0.4, 0.5) is 0 Å². The number of rotatable bonds is 4. The summed E-state index contributed by atoms with van der Waals surface area (Å²) in [5.41, 5.74) is 0. The molecule has 2 aliphatic heterocycles. The Hall–Kier alpha value is -0.610. The molecule has 0 spiro atoms. The molecule has 23 heavy (non-hydrogen) atoms. The van der Waals surface area contributed by atoms with Gasteiger partial charge < -0.3 is 16.0 Å². The van der Waals surface area contributed by atoms with Crippen molar-refractivity contribution in [2.24, 2.45) is 17.8 Å². The second-order valence-electron chi connectivity index (χ2n) is 8.27. The van der Waals surface area contributed by atoms with Gasteiger partial charge in [-0.05, 0) is 62.8 Å². The van der Waals surface area contributed by atoms with Crippen molar-refractivity contribution in [1.29, 1.82) is 0 Å². The highest BCUT2D eigenvalue weighted by Crippen LogP contribution is 2.36. The zero-order valence-corrected chi connectivity index (χ0v) is 15.1.